The van der Waals surface area contributed by atoms with Crippen LogP contribution in [-0.2, 0) is 27.2 Å². The van der Waals surface area contributed by atoms with E-state index in [-0.39, 0.29) is 35.4 Å². The van der Waals surface area contributed by atoms with E-state index in [4.69, 9.17) is 16.3 Å². The molecule has 0 heterocycles. The number of halogens is 1. The van der Waals surface area contributed by atoms with Crippen molar-refractivity contribution in [2.45, 2.75) is 94.4 Å². The molecule has 0 aliphatic heterocycles. The molecule has 0 fully saturated rings. The summed E-state index contributed by atoms with van der Waals surface area (Å²) in [5, 5.41) is 5.84. The van der Waals surface area contributed by atoms with Gasteiger partial charge in [-0.3, -0.25) is 14.4 Å². The first-order chi connectivity index (χ1) is 18.3. The molecule has 0 radical (unpaired) electrons. The Balaban J connectivity index is 1.94. The van der Waals surface area contributed by atoms with Crippen molar-refractivity contribution in [3.63, 3.8) is 0 Å². The molecular weight excluding hydrogens is 524 g/mol. The summed E-state index contributed by atoms with van der Waals surface area (Å²) in [6, 6.07) is 11.3. The van der Waals surface area contributed by atoms with Gasteiger partial charge in [-0.05, 0) is 65.5 Å². The fourth-order valence-electron chi connectivity index (χ4n) is 4.15. The molecule has 0 aromatic heterocycles. The Morgan fingerprint density at radius 2 is 1.45 bits per heavy atom. The zero-order valence-corrected chi connectivity index (χ0v) is 26.5. The highest BCUT2D eigenvalue weighted by Crippen LogP contribution is 2.31. The molecule has 2 aromatic rings. The molecule has 220 valence electrons. The van der Waals surface area contributed by atoms with E-state index in [1.807, 2.05) is 0 Å². The molecule has 2 amide bonds. The number of ketones is 1. The van der Waals surface area contributed by atoms with Crippen LogP contribution >= 0.6 is 11.6 Å². The van der Waals surface area contributed by atoms with E-state index in [9.17, 15) is 14.4 Å². The minimum absolute atomic E-state index is 0.122. The van der Waals surface area contributed by atoms with Gasteiger partial charge < -0.3 is 15.4 Å². The Kier molecular flexibility index (Phi) is 11.4. The average molecular weight is 571 g/mol. The number of benzene rings is 2. The van der Waals surface area contributed by atoms with Gasteiger partial charge in [0.15, 0.2) is 0 Å². The second kappa shape index (κ2) is 13.7. The monoisotopic (exact) mass is 570 g/mol. The summed E-state index contributed by atoms with van der Waals surface area (Å²) in [7, 11) is 0. The smallest absolute Gasteiger partial charge is 0.231 e. The fourth-order valence-corrected chi connectivity index (χ4v) is 4.31. The quantitative estimate of drug-likeness (QED) is 0.210. The van der Waals surface area contributed by atoms with E-state index in [0.29, 0.717) is 29.4 Å². The molecule has 0 aliphatic carbocycles. The first-order valence-electron chi connectivity index (χ1n) is 14.0. The normalized spacial score (nSPS) is 12.2. The number of carbonyl (C=O) groups excluding carboxylic acids is 3. The molecule has 0 atom stereocenters. The van der Waals surface area contributed by atoms with E-state index >= 15 is 0 Å². The lowest BCUT2D eigenvalue weighted by Crippen LogP contribution is -2.26. The molecule has 0 saturated heterocycles. The van der Waals surface area contributed by atoms with E-state index in [1.54, 1.807) is 39.0 Å². The summed E-state index contributed by atoms with van der Waals surface area (Å²) in [6.45, 7) is 19.1. The predicted molar refractivity (Wildman–Crippen MR) is 165 cm³/mol. The van der Waals surface area contributed by atoms with Crippen LogP contribution in [0.25, 0.3) is 0 Å². The molecule has 2 N–H and O–H groups in total. The van der Waals surface area contributed by atoms with E-state index < -0.39 is 11.3 Å². The van der Waals surface area contributed by atoms with Crippen LogP contribution < -0.4 is 15.4 Å². The van der Waals surface area contributed by atoms with Crippen LogP contribution in [-0.4, -0.2) is 24.2 Å². The minimum Gasteiger partial charge on any atom is -0.493 e. The van der Waals surface area contributed by atoms with Crippen molar-refractivity contribution in [2.24, 2.45) is 16.2 Å². The summed E-state index contributed by atoms with van der Waals surface area (Å²) in [6.07, 6.45) is 2.49. The third-order valence-corrected chi connectivity index (χ3v) is 6.40. The van der Waals surface area contributed by atoms with Crippen LogP contribution in [0.4, 0.5) is 11.4 Å². The van der Waals surface area contributed by atoms with Gasteiger partial charge in [0, 0.05) is 17.5 Å². The molecule has 0 bridgehead atoms. The maximum absolute atomic E-state index is 12.6. The Hall–Kier alpha value is -2.86. The molecule has 2 rings (SSSR count). The number of amides is 2. The lowest BCUT2D eigenvalue weighted by Gasteiger charge is -2.23. The molecule has 0 spiro atoms. The maximum atomic E-state index is 12.6. The minimum atomic E-state index is -0.607. The van der Waals surface area contributed by atoms with Crippen LogP contribution in [0.3, 0.4) is 0 Å². The van der Waals surface area contributed by atoms with Crippen molar-refractivity contribution in [1.82, 2.24) is 0 Å². The molecule has 7 heteroatoms. The molecule has 0 aliphatic rings. The SMILES string of the molecule is CC(C)(C)Cc1ccc(OCCCC(=O)Nc2ccc(Cl)c(NC(=O)CC(=O)C(C)(C)C)c2)c(CC(C)(C)C)c1. The average Bonchev–Trinajstić information content (AvgIpc) is 2.77. The number of carbonyl (C=O) groups is 3. The first-order valence-corrected chi connectivity index (χ1v) is 14.4. The third kappa shape index (κ3) is 12.1. The second-order valence-corrected chi connectivity index (χ2v) is 14.4. The number of hydrogen-bond donors (Lipinski definition) is 2. The van der Waals surface area contributed by atoms with Gasteiger partial charge in [-0.15, -0.1) is 0 Å². The van der Waals surface area contributed by atoms with Crippen molar-refractivity contribution >= 4 is 40.6 Å². The van der Waals surface area contributed by atoms with Crippen molar-refractivity contribution in [2.75, 3.05) is 17.2 Å². The third-order valence-electron chi connectivity index (χ3n) is 6.07. The zero-order chi connectivity index (χ0) is 30.3. The molecular formula is C33H47ClN2O4. The molecule has 2 aromatic carbocycles. The summed E-state index contributed by atoms with van der Waals surface area (Å²) in [5.74, 6) is 0.0939. The Labute approximate surface area is 245 Å². The van der Waals surface area contributed by atoms with Gasteiger partial charge in [-0.2, -0.15) is 0 Å². The summed E-state index contributed by atoms with van der Waals surface area (Å²) < 4.78 is 6.13. The van der Waals surface area contributed by atoms with Gasteiger partial charge in [0.1, 0.15) is 11.5 Å². The van der Waals surface area contributed by atoms with Crippen LogP contribution in [0.15, 0.2) is 36.4 Å². The van der Waals surface area contributed by atoms with Crippen LogP contribution in [0, 0.1) is 16.2 Å². The van der Waals surface area contributed by atoms with Crippen molar-refractivity contribution < 1.29 is 19.1 Å². The predicted octanol–water partition coefficient (Wildman–Crippen LogP) is 8.26. The van der Waals surface area contributed by atoms with Crippen LogP contribution in [0.5, 0.6) is 5.75 Å². The second-order valence-electron chi connectivity index (χ2n) is 14.0. The van der Waals surface area contributed by atoms with Crippen molar-refractivity contribution in [3.05, 3.63) is 52.5 Å². The standard InChI is InChI=1S/C33H47ClN2O4/c1-31(2,3)20-22-12-15-27(23(17-22)21-32(4,5)6)40-16-10-11-29(38)35-24-13-14-25(34)26(18-24)36-30(39)19-28(37)33(7,8)9/h12-15,17-18H,10-11,16,19-21H2,1-9H3,(H,35,38)(H,36,39). The van der Waals surface area contributed by atoms with E-state index in [0.717, 1.165) is 18.6 Å². The molecule has 6 nitrogen and oxygen atoms in total. The summed E-state index contributed by atoms with van der Waals surface area (Å²) in [5.41, 5.74) is 3.07. The van der Waals surface area contributed by atoms with E-state index in [2.05, 4.69) is 70.4 Å². The van der Waals surface area contributed by atoms with Gasteiger partial charge >= 0.3 is 0 Å². The summed E-state index contributed by atoms with van der Waals surface area (Å²) >= 11 is 6.23. The zero-order valence-electron chi connectivity index (χ0n) is 25.7. The van der Waals surface area contributed by atoms with Gasteiger partial charge in [0.25, 0.3) is 0 Å². The number of anilines is 2. The van der Waals surface area contributed by atoms with Crippen LogP contribution in [0.1, 0.15) is 92.7 Å². The number of Topliss-reactive ketones (excluding diaryl/α,β-unsaturated/α-hetero) is 1. The van der Waals surface area contributed by atoms with Gasteiger partial charge in [-0.25, -0.2) is 0 Å². The van der Waals surface area contributed by atoms with Crippen molar-refractivity contribution in [3.8, 4) is 5.75 Å². The highest BCUT2D eigenvalue weighted by atomic mass is 35.5. The van der Waals surface area contributed by atoms with Gasteiger partial charge in [0.05, 0.1) is 23.7 Å². The molecule has 40 heavy (non-hydrogen) atoms. The first kappa shape index (κ1) is 33.3. The Morgan fingerprint density at radius 1 is 0.800 bits per heavy atom. The molecule has 0 unspecified atom stereocenters. The number of nitrogens with one attached hydrogen (secondary N) is 2. The summed E-state index contributed by atoms with van der Waals surface area (Å²) in [4.78, 5) is 37.1. The van der Waals surface area contributed by atoms with E-state index in [1.165, 1.54) is 11.1 Å². The Morgan fingerprint density at radius 3 is 2.05 bits per heavy atom. The lowest BCUT2D eigenvalue weighted by molar-refractivity contribution is -0.130. The Bertz CT molecular complexity index is 1200. The topological polar surface area (TPSA) is 84.5 Å². The van der Waals surface area contributed by atoms with Crippen LogP contribution in [0.2, 0.25) is 5.02 Å². The number of ether oxygens (including phenoxy) is 1. The highest BCUT2D eigenvalue weighted by molar-refractivity contribution is 6.34. The number of hydrogen-bond acceptors (Lipinski definition) is 4. The fraction of sp³-hybridized carbons (Fsp3) is 0.545. The largest absolute Gasteiger partial charge is 0.493 e. The lowest BCUT2D eigenvalue weighted by atomic mass is 9.84. The number of rotatable bonds is 11. The molecule has 0 saturated carbocycles. The maximum Gasteiger partial charge on any atom is 0.231 e. The van der Waals surface area contributed by atoms with Gasteiger partial charge in [-0.1, -0.05) is 86.0 Å². The highest BCUT2D eigenvalue weighted by Gasteiger charge is 2.24. The van der Waals surface area contributed by atoms with Gasteiger partial charge in [0.2, 0.25) is 11.8 Å². The van der Waals surface area contributed by atoms with Crippen molar-refractivity contribution in [1.29, 1.82) is 0 Å².